The van der Waals surface area contributed by atoms with Crippen molar-refractivity contribution in [2.24, 2.45) is 11.5 Å². The minimum absolute atomic E-state index is 0. The second-order valence-electron chi connectivity index (χ2n) is 2.75. The Labute approximate surface area is 110 Å². The Bertz CT molecular complexity index is 199. The number of rotatable bonds is 7. The van der Waals surface area contributed by atoms with Gasteiger partial charge in [-0.1, -0.05) is 0 Å². The third-order valence-corrected chi connectivity index (χ3v) is 2.62. The Morgan fingerprint density at radius 3 is 1.88 bits per heavy atom. The molecule has 0 radical (unpaired) electrons. The molecule has 6 nitrogen and oxygen atoms in total. The molecule has 0 rings (SSSR count). The molecule has 0 saturated carbocycles. The molecular weight excluding hydrogens is 279 g/mol. The zero-order valence-electron chi connectivity index (χ0n) is 8.37. The van der Waals surface area contributed by atoms with E-state index in [0.717, 1.165) is 0 Å². The molecule has 0 aliphatic carbocycles. The minimum atomic E-state index is -1.06. The fraction of sp³-hybridized carbons (Fsp3) is 0.714. The summed E-state index contributed by atoms with van der Waals surface area (Å²) < 4.78 is 0. The molecule has 0 heterocycles. The van der Waals surface area contributed by atoms with E-state index in [4.69, 9.17) is 21.7 Å². The summed E-state index contributed by atoms with van der Waals surface area (Å²) in [7, 11) is 0. The van der Waals surface area contributed by atoms with Crippen LogP contribution in [0.3, 0.4) is 0 Å². The second kappa shape index (κ2) is 11.3. The molecular formula is C7H16Cl2N2O4S. The van der Waals surface area contributed by atoms with Crippen LogP contribution in [0.25, 0.3) is 0 Å². The van der Waals surface area contributed by atoms with E-state index < -0.39 is 24.0 Å². The maximum Gasteiger partial charge on any atom is 0.321 e. The molecule has 9 heteroatoms. The second-order valence-corrected chi connectivity index (χ2v) is 3.90. The molecule has 98 valence electrons. The zero-order chi connectivity index (χ0) is 11.1. The molecule has 2 unspecified atom stereocenters. The van der Waals surface area contributed by atoms with E-state index in [1.165, 1.54) is 11.8 Å². The Kier molecular flexibility index (Phi) is 14.9. The summed E-state index contributed by atoms with van der Waals surface area (Å²) in [5.41, 5.74) is 10.5. The summed E-state index contributed by atoms with van der Waals surface area (Å²) in [6.07, 6.45) is 0.312. The number of hydrogen-bond acceptors (Lipinski definition) is 5. The number of carboxylic acid groups (broad SMARTS) is 2. The lowest BCUT2D eigenvalue weighted by molar-refractivity contribution is -0.139. The minimum Gasteiger partial charge on any atom is -0.480 e. The van der Waals surface area contributed by atoms with Gasteiger partial charge < -0.3 is 21.7 Å². The summed E-state index contributed by atoms with van der Waals surface area (Å²) >= 11 is 1.29. The first-order chi connectivity index (χ1) is 6.45. The van der Waals surface area contributed by atoms with Crippen LogP contribution >= 0.6 is 36.6 Å². The van der Waals surface area contributed by atoms with Crippen molar-refractivity contribution < 1.29 is 19.8 Å². The van der Waals surface area contributed by atoms with Crippen molar-refractivity contribution in [1.29, 1.82) is 0 Å². The first-order valence-electron chi connectivity index (χ1n) is 3.99. The van der Waals surface area contributed by atoms with Crippen molar-refractivity contribution >= 4 is 48.5 Å². The maximum atomic E-state index is 10.3. The van der Waals surface area contributed by atoms with E-state index in [2.05, 4.69) is 0 Å². The van der Waals surface area contributed by atoms with Crippen LogP contribution in [0, 0.1) is 0 Å². The molecule has 0 fully saturated rings. The number of aliphatic carboxylic acids is 2. The smallest absolute Gasteiger partial charge is 0.321 e. The lowest BCUT2D eigenvalue weighted by atomic mass is 10.2. The Morgan fingerprint density at radius 1 is 1.06 bits per heavy atom. The molecule has 16 heavy (non-hydrogen) atoms. The highest BCUT2D eigenvalue weighted by Crippen LogP contribution is 2.05. The first kappa shape index (κ1) is 21.1. The fourth-order valence-corrected chi connectivity index (χ4v) is 1.60. The maximum absolute atomic E-state index is 10.3. The highest BCUT2D eigenvalue weighted by Gasteiger charge is 2.13. The standard InChI is InChI=1S/C7H14N2O4S.2ClH/c8-4(6(10)11)1-2-14-3-5(9)7(12)13;;/h4-5H,1-3,8-9H2,(H,10,11)(H,12,13);2*1H. The van der Waals surface area contributed by atoms with E-state index in [1.54, 1.807) is 0 Å². The quantitative estimate of drug-likeness (QED) is 0.478. The molecule has 0 aromatic carbocycles. The zero-order valence-corrected chi connectivity index (χ0v) is 10.8. The predicted octanol–water partition coefficient (Wildman–Crippen LogP) is -0.223. The molecule has 6 N–H and O–H groups in total. The average molecular weight is 295 g/mol. The van der Waals surface area contributed by atoms with Crippen molar-refractivity contribution in [2.45, 2.75) is 18.5 Å². The monoisotopic (exact) mass is 294 g/mol. The summed E-state index contributed by atoms with van der Waals surface area (Å²) in [6.45, 7) is 0. The highest BCUT2D eigenvalue weighted by molar-refractivity contribution is 7.99. The average Bonchev–Trinajstić information content (AvgIpc) is 2.11. The van der Waals surface area contributed by atoms with E-state index in [-0.39, 0.29) is 30.6 Å². The van der Waals surface area contributed by atoms with Crippen LogP contribution in [0.1, 0.15) is 6.42 Å². The molecule has 0 saturated heterocycles. The Balaban J connectivity index is -0.000000845. The van der Waals surface area contributed by atoms with Crippen LogP contribution < -0.4 is 11.5 Å². The van der Waals surface area contributed by atoms with Gasteiger partial charge in [0.1, 0.15) is 12.1 Å². The Morgan fingerprint density at radius 2 is 1.50 bits per heavy atom. The van der Waals surface area contributed by atoms with Crippen LogP contribution in [-0.2, 0) is 9.59 Å². The largest absolute Gasteiger partial charge is 0.480 e. The molecule has 0 amide bonds. The number of carboxylic acids is 2. The fourth-order valence-electron chi connectivity index (χ4n) is 0.615. The van der Waals surface area contributed by atoms with Gasteiger partial charge in [0.2, 0.25) is 0 Å². The third kappa shape index (κ3) is 10.3. The van der Waals surface area contributed by atoms with Gasteiger partial charge in [0, 0.05) is 5.75 Å². The van der Waals surface area contributed by atoms with Gasteiger partial charge in [-0.25, -0.2) is 0 Å². The van der Waals surface area contributed by atoms with Crippen LogP contribution in [0.2, 0.25) is 0 Å². The van der Waals surface area contributed by atoms with Gasteiger partial charge in [-0.2, -0.15) is 11.8 Å². The van der Waals surface area contributed by atoms with Gasteiger partial charge >= 0.3 is 11.9 Å². The van der Waals surface area contributed by atoms with Gasteiger partial charge in [-0.05, 0) is 12.2 Å². The number of hydrogen-bond donors (Lipinski definition) is 4. The van der Waals surface area contributed by atoms with Gasteiger partial charge in [0.25, 0.3) is 0 Å². The van der Waals surface area contributed by atoms with Crippen LogP contribution in [0.5, 0.6) is 0 Å². The van der Waals surface area contributed by atoms with Gasteiger partial charge in [0.05, 0.1) is 0 Å². The summed E-state index contributed by atoms with van der Waals surface area (Å²) in [6, 6.07) is -1.79. The lowest BCUT2D eigenvalue weighted by Gasteiger charge is -2.07. The number of carbonyl (C=O) groups is 2. The number of thioether (sulfide) groups is 1. The predicted molar refractivity (Wildman–Crippen MR) is 67.7 cm³/mol. The van der Waals surface area contributed by atoms with Gasteiger partial charge in [-0.3, -0.25) is 9.59 Å². The molecule has 0 bridgehead atoms. The number of halogens is 2. The third-order valence-electron chi connectivity index (χ3n) is 1.50. The molecule has 0 aromatic rings. The van der Waals surface area contributed by atoms with Crippen molar-refractivity contribution in [3.8, 4) is 0 Å². The van der Waals surface area contributed by atoms with Gasteiger partial charge in [-0.15, -0.1) is 24.8 Å². The van der Waals surface area contributed by atoms with Gasteiger partial charge in [0.15, 0.2) is 0 Å². The van der Waals surface area contributed by atoms with Crippen LogP contribution in [-0.4, -0.2) is 45.7 Å². The SMILES string of the molecule is Cl.Cl.NC(CCSCC(N)C(=O)O)C(=O)O. The summed E-state index contributed by atoms with van der Waals surface area (Å²) in [4.78, 5) is 20.6. The van der Waals surface area contributed by atoms with Crippen molar-refractivity contribution in [1.82, 2.24) is 0 Å². The van der Waals surface area contributed by atoms with E-state index >= 15 is 0 Å². The van der Waals surface area contributed by atoms with Crippen molar-refractivity contribution in [2.75, 3.05) is 11.5 Å². The first-order valence-corrected chi connectivity index (χ1v) is 5.15. The molecule has 0 aliphatic heterocycles. The topological polar surface area (TPSA) is 127 Å². The lowest BCUT2D eigenvalue weighted by Crippen LogP contribution is -2.33. The van der Waals surface area contributed by atoms with Crippen molar-refractivity contribution in [3.63, 3.8) is 0 Å². The highest BCUT2D eigenvalue weighted by atomic mass is 35.5. The molecule has 0 spiro atoms. The summed E-state index contributed by atoms with van der Waals surface area (Å²) in [5, 5.41) is 16.8. The summed E-state index contributed by atoms with van der Waals surface area (Å²) in [5.74, 6) is -1.34. The molecule has 2 atom stereocenters. The van der Waals surface area contributed by atoms with Crippen LogP contribution in [0.4, 0.5) is 0 Å². The van der Waals surface area contributed by atoms with Crippen molar-refractivity contribution in [3.05, 3.63) is 0 Å². The number of nitrogens with two attached hydrogens (primary N) is 2. The van der Waals surface area contributed by atoms with Crippen LogP contribution in [0.15, 0.2) is 0 Å². The van der Waals surface area contributed by atoms with E-state index in [9.17, 15) is 9.59 Å². The van der Waals surface area contributed by atoms with E-state index in [1.807, 2.05) is 0 Å². The molecule has 0 aliphatic rings. The normalized spacial score (nSPS) is 12.9. The van der Waals surface area contributed by atoms with E-state index in [0.29, 0.717) is 12.2 Å². The molecule has 0 aromatic heterocycles. The Hall–Kier alpha value is -0.210.